The van der Waals surface area contributed by atoms with Gasteiger partial charge in [0.1, 0.15) is 17.8 Å². The van der Waals surface area contributed by atoms with Crippen molar-refractivity contribution in [3.63, 3.8) is 0 Å². The van der Waals surface area contributed by atoms with Gasteiger partial charge in [-0.3, -0.25) is 4.79 Å². The number of hydrogen-bond acceptors (Lipinski definition) is 8. The number of fused-ring (bicyclic) bond motifs is 2. The Hall–Kier alpha value is -3.04. The summed E-state index contributed by atoms with van der Waals surface area (Å²) in [5.41, 5.74) is 0.300. The van der Waals surface area contributed by atoms with Gasteiger partial charge in [0.2, 0.25) is 5.78 Å². The van der Waals surface area contributed by atoms with Gasteiger partial charge < -0.3 is 28.1 Å². The summed E-state index contributed by atoms with van der Waals surface area (Å²) in [7, 11) is 1.48. The van der Waals surface area contributed by atoms with Crippen LogP contribution in [0.2, 0.25) is 0 Å². The van der Waals surface area contributed by atoms with Crippen LogP contribution in [-0.2, 0) is 25.6 Å². The molecule has 2 fully saturated rings. The molecule has 33 heavy (non-hydrogen) atoms. The number of Topliss-reactive ketones (excluding diaryl/α,β-unsaturated/α-hetero) is 1. The zero-order valence-electron chi connectivity index (χ0n) is 18.5. The fourth-order valence-electron chi connectivity index (χ4n) is 4.24. The first-order valence-electron chi connectivity index (χ1n) is 10.7. The molecule has 5 rings (SSSR count). The lowest BCUT2D eigenvalue weighted by atomic mass is 10.0. The number of rotatable bonds is 6. The number of ketones is 1. The van der Waals surface area contributed by atoms with Crippen LogP contribution in [0.1, 0.15) is 29.8 Å². The average Bonchev–Trinajstić information content (AvgIpc) is 3.28. The summed E-state index contributed by atoms with van der Waals surface area (Å²) in [5.74, 6) is -1.02. The summed E-state index contributed by atoms with van der Waals surface area (Å²) in [6.07, 6.45) is -3.27. The molecule has 0 radical (unpaired) electrons. The van der Waals surface area contributed by atoms with E-state index in [1.54, 1.807) is 32.0 Å². The van der Waals surface area contributed by atoms with Crippen LogP contribution in [0.3, 0.4) is 0 Å². The number of carbonyl (C=O) groups excluding carboxylic acids is 1. The van der Waals surface area contributed by atoms with Gasteiger partial charge in [-0.1, -0.05) is 42.5 Å². The zero-order valence-corrected chi connectivity index (χ0v) is 18.5. The third-order valence-corrected chi connectivity index (χ3v) is 5.74. The van der Waals surface area contributed by atoms with Crippen molar-refractivity contribution in [2.45, 2.75) is 50.8 Å². The molecule has 1 aromatic heterocycles. The third kappa shape index (κ3) is 4.06. The average molecular weight is 452 g/mol. The van der Waals surface area contributed by atoms with Gasteiger partial charge in [0, 0.05) is 5.39 Å². The summed E-state index contributed by atoms with van der Waals surface area (Å²) < 4.78 is 34.5. The molecular weight excluding hydrogens is 428 g/mol. The normalized spacial score (nSPS) is 25.8. The predicted molar refractivity (Wildman–Crippen MR) is 117 cm³/mol. The van der Waals surface area contributed by atoms with Gasteiger partial charge in [-0.05, 0) is 31.5 Å². The van der Waals surface area contributed by atoms with Gasteiger partial charge in [-0.2, -0.15) is 0 Å². The van der Waals surface area contributed by atoms with Gasteiger partial charge in [0.15, 0.2) is 29.5 Å². The van der Waals surface area contributed by atoms with E-state index in [0.717, 1.165) is 5.56 Å². The van der Waals surface area contributed by atoms with Crippen molar-refractivity contribution in [1.29, 1.82) is 0 Å². The first-order valence-corrected chi connectivity index (χ1v) is 10.7. The van der Waals surface area contributed by atoms with Crippen LogP contribution in [-0.4, -0.2) is 43.3 Å². The van der Waals surface area contributed by atoms with Crippen molar-refractivity contribution in [3.8, 4) is 5.75 Å². The maximum atomic E-state index is 13.5. The van der Waals surface area contributed by atoms with Crippen LogP contribution >= 0.6 is 0 Å². The molecule has 2 aliphatic heterocycles. The third-order valence-electron chi connectivity index (χ3n) is 5.74. The Morgan fingerprint density at radius 2 is 1.85 bits per heavy atom. The van der Waals surface area contributed by atoms with E-state index in [1.807, 2.05) is 30.3 Å². The maximum absolute atomic E-state index is 13.5. The van der Waals surface area contributed by atoms with Crippen LogP contribution in [0.25, 0.3) is 11.0 Å². The topological polar surface area (TPSA) is 93.4 Å². The number of ether oxygens (including phenoxy) is 5. The number of para-hydroxylation sites is 1. The van der Waals surface area contributed by atoms with Gasteiger partial charge >= 0.3 is 5.63 Å². The molecule has 0 N–H and O–H groups in total. The quantitative estimate of drug-likeness (QED) is 0.415. The molecular formula is C25H24O8. The van der Waals surface area contributed by atoms with Crippen molar-refractivity contribution < 1.29 is 32.9 Å². The highest BCUT2D eigenvalue weighted by Gasteiger charge is 2.57. The molecule has 172 valence electrons. The van der Waals surface area contributed by atoms with E-state index in [0.29, 0.717) is 11.1 Å². The molecule has 4 atom stereocenters. The summed E-state index contributed by atoms with van der Waals surface area (Å²) in [6, 6.07) is 16.2. The predicted octanol–water partition coefficient (Wildman–Crippen LogP) is 3.45. The van der Waals surface area contributed by atoms with E-state index in [1.165, 1.54) is 13.2 Å². The molecule has 3 aromatic rings. The van der Waals surface area contributed by atoms with Crippen molar-refractivity contribution >= 4 is 16.8 Å². The highest BCUT2D eigenvalue weighted by molar-refractivity contribution is 6.02. The van der Waals surface area contributed by atoms with Crippen LogP contribution in [0, 0.1) is 0 Å². The lowest BCUT2D eigenvalue weighted by Crippen LogP contribution is -2.41. The fourth-order valence-corrected chi connectivity index (χ4v) is 4.24. The Kier molecular flexibility index (Phi) is 5.54. The lowest BCUT2D eigenvalue weighted by molar-refractivity contribution is -0.212. The van der Waals surface area contributed by atoms with E-state index < -0.39 is 41.8 Å². The second-order valence-electron chi connectivity index (χ2n) is 8.48. The minimum Gasteiger partial charge on any atom is -0.493 e. The van der Waals surface area contributed by atoms with Crippen molar-refractivity contribution in [2.75, 3.05) is 7.11 Å². The number of carbonyl (C=O) groups is 1. The SMILES string of the molecule is COc1cccc2cc(C(=O)[C@H]3O[C@@H]4OC(C)(C)O[C@@H]4[C@H]3OCc3ccccc3)c(=O)oc12. The van der Waals surface area contributed by atoms with Crippen molar-refractivity contribution in [3.05, 3.63) is 76.1 Å². The minimum absolute atomic E-state index is 0.131. The largest absolute Gasteiger partial charge is 0.493 e. The summed E-state index contributed by atoms with van der Waals surface area (Å²) in [5, 5.41) is 0.561. The molecule has 0 amide bonds. The number of hydrogen-bond donors (Lipinski definition) is 0. The summed E-state index contributed by atoms with van der Waals surface area (Å²) in [4.78, 5) is 26.2. The van der Waals surface area contributed by atoms with Crippen LogP contribution in [0.15, 0.2) is 63.8 Å². The van der Waals surface area contributed by atoms with E-state index in [-0.39, 0.29) is 17.8 Å². The molecule has 0 aliphatic carbocycles. The Balaban J connectivity index is 1.47. The molecule has 3 heterocycles. The number of methoxy groups -OCH3 is 1. The zero-order chi connectivity index (χ0) is 23.2. The first kappa shape index (κ1) is 21.8. The lowest BCUT2D eigenvalue weighted by Gasteiger charge is -2.25. The highest BCUT2D eigenvalue weighted by Crippen LogP contribution is 2.40. The highest BCUT2D eigenvalue weighted by atomic mass is 16.8. The van der Waals surface area contributed by atoms with Crippen LogP contribution in [0.4, 0.5) is 0 Å². The molecule has 8 heteroatoms. The molecule has 2 saturated heterocycles. The molecule has 0 saturated carbocycles. The number of benzene rings is 2. The maximum Gasteiger partial charge on any atom is 0.347 e. The second-order valence-corrected chi connectivity index (χ2v) is 8.48. The second kappa shape index (κ2) is 8.39. The molecule has 2 aromatic carbocycles. The first-order chi connectivity index (χ1) is 15.9. The van der Waals surface area contributed by atoms with Crippen molar-refractivity contribution in [1.82, 2.24) is 0 Å². The van der Waals surface area contributed by atoms with Crippen molar-refractivity contribution in [2.24, 2.45) is 0 Å². The Morgan fingerprint density at radius 3 is 2.61 bits per heavy atom. The Labute approximate surface area is 190 Å². The van der Waals surface area contributed by atoms with Gasteiger partial charge in [-0.15, -0.1) is 0 Å². The Bertz CT molecular complexity index is 1230. The molecule has 2 aliphatic rings. The van der Waals surface area contributed by atoms with E-state index in [4.69, 9.17) is 28.1 Å². The van der Waals surface area contributed by atoms with Gasteiger partial charge in [0.25, 0.3) is 0 Å². The van der Waals surface area contributed by atoms with Crippen LogP contribution in [0.5, 0.6) is 5.75 Å². The monoisotopic (exact) mass is 452 g/mol. The summed E-state index contributed by atoms with van der Waals surface area (Å²) >= 11 is 0. The molecule has 0 spiro atoms. The molecule has 8 nitrogen and oxygen atoms in total. The fraction of sp³-hybridized carbons (Fsp3) is 0.360. The molecule has 0 unspecified atom stereocenters. The minimum atomic E-state index is -1.09. The van der Waals surface area contributed by atoms with E-state index in [2.05, 4.69) is 0 Å². The van der Waals surface area contributed by atoms with Gasteiger partial charge in [0.05, 0.1) is 13.7 Å². The smallest absolute Gasteiger partial charge is 0.347 e. The van der Waals surface area contributed by atoms with E-state index >= 15 is 0 Å². The summed E-state index contributed by atoms with van der Waals surface area (Å²) in [6.45, 7) is 3.78. The van der Waals surface area contributed by atoms with Gasteiger partial charge in [-0.25, -0.2) is 4.79 Å². The van der Waals surface area contributed by atoms with Crippen LogP contribution < -0.4 is 10.4 Å². The molecule has 0 bridgehead atoms. The Morgan fingerprint density at radius 1 is 1.06 bits per heavy atom. The van der Waals surface area contributed by atoms with E-state index in [9.17, 15) is 9.59 Å². The standard InChI is InChI=1S/C25H24O8/c1-25(2)32-22-21(29-13-14-8-5-4-6-9-14)20(31-24(22)33-25)18(26)16-12-15-10-7-11-17(28-3)19(15)30-23(16)27/h4-12,20-22,24H,13H2,1-3H3/t20-,21+,22-,24-/m1/s1.